The molecule has 2 amide bonds. The number of carboxylic acids is 1. The van der Waals surface area contributed by atoms with E-state index in [1.807, 2.05) is 74.5 Å². The van der Waals surface area contributed by atoms with Gasteiger partial charge in [0.2, 0.25) is 11.8 Å². The molecule has 0 aliphatic heterocycles. The molecule has 7 heteroatoms. The summed E-state index contributed by atoms with van der Waals surface area (Å²) in [5, 5.41) is 14.1. The van der Waals surface area contributed by atoms with Crippen LogP contribution in [0, 0.1) is 13.8 Å². The Kier molecular flexibility index (Phi) is 8.27. The number of amides is 2. The lowest BCUT2D eigenvalue weighted by Gasteiger charge is -2.18. The Morgan fingerprint density at radius 2 is 1.59 bits per heavy atom. The smallest absolute Gasteiger partial charge is 0.331 e. The molecular weight excluding hydrogens is 448 g/mol. The van der Waals surface area contributed by atoms with Gasteiger partial charge in [0.1, 0.15) is 5.25 Å². The lowest BCUT2D eigenvalue weighted by atomic mass is 10.1. The predicted octanol–water partition coefficient (Wildman–Crippen LogP) is 5.74. The Morgan fingerprint density at radius 1 is 0.912 bits per heavy atom. The molecule has 3 rings (SSSR count). The Hall–Kier alpha value is -3.84. The van der Waals surface area contributed by atoms with E-state index in [9.17, 15) is 14.4 Å². The lowest BCUT2D eigenvalue weighted by molar-refractivity contribution is -0.132. The normalized spacial score (nSPS) is 12.0. The zero-order valence-electron chi connectivity index (χ0n) is 19.2. The number of carbonyl (C=O) groups is 3. The molecule has 1 atom stereocenters. The van der Waals surface area contributed by atoms with Crippen molar-refractivity contribution in [2.45, 2.75) is 30.9 Å². The molecule has 0 fully saturated rings. The summed E-state index contributed by atoms with van der Waals surface area (Å²) >= 11 is 1.41. The number of nitrogens with one attached hydrogen (secondary N) is 2. The standard InChI is InChI=1S/C27H26N2O4S/c1-17-9-14-23(18(2)15-17)29-26(31)25(20-7-5-4-6-8-20)34-22-12-10-21(11-13-22)28-24(30)16-19(3)27(32)33/h4-16,25H,1-3H3,(H,28,30)(H,29,31)(H,32,33)/b19-16+/t25-/m0/s1. The monoisotopic (exact) mass is 474 g/mol. The van der Waals surface area contributed by atoms with Gasteiger partial charge in [0.25, 0.3) is 0 Å². The van der Waals surface area contributed by atoms with Crippen LogP contribution in [0.3, 0.4) is 0 Å². The van der Waals surface area contributed by atoms with Crippen molar-refractivity contribution in [1.29, 1.82) is 0 Å². The minimum atomic E-state index is -1.15. The second-order valence-corrected chi connectivity index (χ2v) is 9.04. The van der Waals surface area contributed by atoms with E-state index < -0.39 is 17.1 Å². The molecule has 0 saturated heterocycles. The first-order chi connectivity index (χ1) is 16.2. The summed E-state index contributed by atoms with van der Waals surface area (Å²) in [7, 11) is 0. The van der Waals surface area contributed by atoms with Crippen molar-refractivity contribution in [3.8, 4) is 0 Å². The van der Waals surface area contributed by atoms with Crippen molar-refractivity contribution in [1.82, 2.24) is 0 Å². The molecule has 0 aliphatic carbocycles. The van der Waals surface area contributed by atoms with E-state index in [1.54, 1.807) is 12.1 Å². The SMILES string of the molecule is C/C(=C\C(=O)Nc1ccc(S[C@H](C(=O)Nc2ccc(C)cc2C)c2ccccc2)cc1)C(=O)O. The van der Waals surface area contributed by atoms with Crippen LogP contribution in [0.4, 0.5) is 11.4 Å². The highest BCUT2D eigenvalue weighted by molar-refractivity contribution is 8.00. The van der Waals surface area contributed by atoms with Gasteiger partial charge in [-0.3, -0.25) is 9.59 Å². The molecule has 6 nitrogen and oxygen atoms in total. The van der Waals surface area contributed by atoms with Crippen molar-refractivity contribution in [2.24, 2.45) is 0 Å². The van der Waals surface area contributed by atoms with E-state index in [1.165, 1.54) is 18.7 Å². The first kappa shape index (κ1) is 24.8. The second-order valence-electron chi connectivity index (χ2n) is 7.86. The average molecular weight is 475 g/mol. The van der Waals surface area contributed by atoms with E-state index in [0.29, 0.717) is 5.69 Å². The summed E-state index contributed by atoms with van der Waals surface area (Å²) in [5.74, 6) is -1.79. The van der Waals surface area contributed by atoms with Crippen LogP contribution in [-0.2, 0) is 14.4 Å². The number of carbonyl (C=O) groups excluding carboxylic acids is 2. The van der Waals surface area contributed by atoms with Crippen molar-refractivity contribution < 1.29 is 19.5 Å². The summed E-state index contributed by atoms with van der Waals surface area (Å²) in [4.78, 5) is 37.0. The van der Waals surface area contributed by atoms with Crippen LogP contribution in [0.5, 0.6) is 0 Å². The molecule has 0 aliphatic rings. The molecule has 3 aromatic carbocycles. The molecular formula is C27H26N2O4S. The van der Waals surface area contributed by atoms with Crippen molar-refractivity contribution in [3.05, 3.63) is 101 Å². The summed E-state index contributed by atoms with van der Waals surface area (Å²) < 4.78 is 0. The fraction of sp³-hybridized carbons (Fsp3) is 0.148. The largest absolute Gasteiger partial charge is 0.478 e. The number of thioether (sulfide) groups is 1. The fourth-order valence-electron chi connectivity index (χ4n) is 3.24. The Bertz CT molecular complexity index is 1220. The summed E-state index contributed by atoms with van der Waals surface area (Å²) in [6, 6.07) is 22.5. The minimum absolute atomic E-state index is 0.0507. The maximum Gasteiger partial charge on any atom is 0.331 e. The van der Waals surface area contributed by atoms with Gasteiger partial charge in [0, 0.05) is 27.9 Å². The van der Waals surface area contributed by atoms with Crippen LogP contribution < -0.4 is 10.6 Å². The van der Waals surface area contributed by atoms with Gasteiger partial charge >= 0.3 is 5.97 Å². The van der Waals surface area contributed by atoms with E-state index >= 15 is 0 Å². The molecule has 3 aromatic rings. The van der Waals surface area contributed by atoms with Gasteiger partial charge in [-0.2, -0.15) is 0 Å². The third kappa shape index (κ3) is 6.83. The van der Waals surface area contributed by atoms with E-state index in [4.69, 9.17) is 5.11 Å². The fourth-order valence-corrected chi connectivity index (χ4v) is 4.27. The van der Waals surface area contributed by atoms with E-state index in [2.05, 4.69) is 10.6 Å². The average Bonchev–Trinajstić information content (AvgIpc) is 2.80. The number of hydrogen-bond donors (Lipinski definition) is 3. The molecule has 0 radical (unpaired) electrons. The van der Waals surface area contributed by atoms with Gasteiger partial charge in [0.15, 0.2) is 0 Å². The molecule has 0 bridgehead atoms. The number of carboxylic acid groups (broad SMARTS) is 1. The topological polar surface area (TPSA) is 95.5 Å². The van der Waals surface area contributed by atoms with Gasteiger partial charge < -0.3 is 15.7 Å². The zero-order valence-corrected chi connectivity index (χ0v) is 20.0. The Morgan fingerprint density at radius 3 is 2.21 bits per heavy atom. The number of hydrogen-bond acceptors (Lipinski definition) is 4. The van der Waals surface area contributed by atoms with Gasteiger partial charge in [-0.05, 0) is 62.2 Å². The summed E-state index contributed by atoms with van der Waals surface area (Å²) in [6.45, 7) is 5.33. The van der Waals surface area contributed by atoms with E-state index in [-0.39, 0.29) is 11.5 Å². The van der Waals surface area contributed by atoms with Crippen LogP contribution >= 0.6 is 11.8 Å². The summed E-state index contributed by atoms with van der Waals surface area (Å²) in [5.41, 5.74) is 4.26. The van der Waals surface area contributed by atoms with Crippen LogP contribution in [0.2, 0.25) is 0 Å². The molecule has 3 N–H and O–H groups in total. The molecule has 34 heavy (non-hydrogen) atoms. The Balaban J connectivity index is 1.76. The van der Waals surface area contributed by atoms with Gasteiger partial charge in [-0.25, -0.2) is 4.79 Å². The molecule has 0 spiro atoms. The predicted molar refractivity (Wildman–Crippen MR) is 136 cm³/mol. The molecule has 174 valence electrons. The third-order valence-electron chi connectivity index (χ3n) is 5.04. The quantitative estimate of drug-likeness (QED) is 0.286. The number of rotatable bonds is 8. The maximum absolute atomic E-state index is 13.3. The van der Waals surface area contributed by atoms with Gasteiger partial charge in [-0.15, -0.1) is 11.8 Å². The van der Waals surface area contributed by atoms with Crippen LogP contribution in [0.1, 0.15) is 28.9 Å². The lowest BCUT2D eigenvalue weighted by Crippen LogP contribution is -2.19. The number of anilines is 2. The maximum atomic E-state index is 13.3. The van der Waals surface area contributed by atoms with Crippen LogP contribution in [0.25, 0.3) is 0 Å². The van der Waals surface area contributed by atoms with Crippen molar-refractivity contribution in [3.63, 3.8) is 0 Å². The highest BCUT2D eigenvalue weighted by Gasteiger charge is 2.22. The number of aliphatic carboxylic acids is 1. The Labute approximate surface area is 203 Å². The highest BCUT2D eigenvalue weighted by Crippen LogP contribution is 2.37. The van der Waals surface area contributed by atoms with Gasteiger partial charge in [-0.1, -0.05) is 48.0 Å². The molecule has 0 heterocycles. The first-order valence-corrected chi connectivity index (χ1v) is 11.5. The highest BCUT2D eigenvalue weighted by atomic mass is 32.2. The van der Waals surface area contributed by atoms with E-state index in [0.717, 1.165) is 33.3 Å². The van der Waals surface area contributed by atoms with Crippen molar-refractivity contribution >= 4 is 40.9 Å². The second kappa shape index (κ2) is 11.3. The van der Waals surface area contributed by atoms with Gasteiger partial charge in [0.05, 0.1) is 0 Å². The van der Waals surface area contributed by atoms with Crippen LogP contribution in [-0.4, -0.2) is 22.9 Å². The third-order valence-corrected chi connectivity index (χ3v) is 6.31. The molecule has 0 aromatic heterocycles. The van der Waals surface area contributed by atoms with Crippen molar-refractivity contribution in [2.75, 3.05) is 10.6 Å². The minimum Gasteiger partial charge on any atom is -0.478 e. The zero-order chi connectivity index (χ0) is 24.7. The summed E-state index contributed by atoms with van der Waals surface area (Å²) in [6.07, 6.45) is 1.04. The van der Waals surface area contributed by atoms with Crippen LogP contribution in [0.15, 0.2) is 89.3 Å². The first-order valence-electron chi connectivity index (χ1n) is 10.7. The number of aryl methyl sites for hydroxylation is 2. The molecule has 0 unspecified atom stereocenters. The molecule has 0 saturated carbocycles. The number of benzene rings is 3.